The van der Waals surface area contributed by atoms with Crippen molar-refractivity contribution < 1.29 is 18.4 Å². The molecule has 1 atom stereocenters. The van der Waals surface area contributed by atoms with Crippen LogP contribution < -0.4 is 21.0 Å². The number of aliphatic hydroxyl groups is 1. The lowest BCUT2D eigenvalue weighted by Gasteiger charge is -1.99. The lowest BCUT2D eigenvalue weighted by atomic mass is 10.2. The van der Waals surface area contributed by atoms with Crippen molar-refractivity contribution in [1.29, 1.82) is 0 Å². The van der Waals surface area contributed by atoms with Crippen molar-refractivity contribution in [2.75, 3.05) is 0 Å². The third-order valence-electron chi connectivity index (χ3n) is 4.06. The molecule has 0 spiro atoms. The quantitative estimate of drug-likeness (QED) is 0.349. The van der Waals surface area contributed by atoms with Gasteiger partial charge in [-0.1, -0.05) is 18.2 Å². The summed E-state index contributed by atoms with van der Waals surface area (Å²) in [5, 5.41) is 20.3. The SMILES string of the molecule is C/C=c1/ccc(SO)c/c1=C/C=C/N=N/C(C)=C/C(=c1/cccn/c1=C(/C)O)S(=O)O. The van der Waals surface area contributed by atoms with Gasteiger partial charge in [-0.25, -0.2) is 4.21 Å². The largest absolute Gasteiger partial charge is 0.510 e. The van der Waals surface area contributed by atoms with E-state index in [1.807, 2.05) is 37.3 Å². The summed E-state index contributed by atoms with van der Waals surface area (Å²) >= 11 is -1.64. The van der Waals surface area contributed by atoms with Crippen LogP contribution in [0.15, 0.2) is 75.7 Å². The second-order valence-electron chi connectivity index (χ2n) is 6.28. The third kappa shape index (κ3) is 7.11. The first-order chi connectivity index (χ1) is 14.9. The topological polar surface area (TPSA) is 115 Å². The van der Waals surface area contributed by atoms with Crippen LogP contribution >= 0.6 is 12.0 Å². The predicted octanol–water partition coefficient (Wildman–Crippen LogP) is 2.81. The summed E-state index contributed by atoms with van der Waals surface area (Å²) in [4.78, 5) is 4.85. The van der Waals surface area contributed by atoms with Crippen LogP contribution in [0.5, 0.6) is 0 Å². The number of nitrogens with zero attached hydrogens (tertiary/aromatic N) is 3. The summed E-state index contributed by atoms with van der Waals surface area (Å²) < 4.78 is 30.8. The average Bonchev–Trinajstić information content (AvgIpc) is 2.76. The Labute approximate surface area is 186 Å². The molecule has 0 aliphatic carbocycles. The van der Waals surface area contributed by atoms with Crippen molar-refractivity contribution in [2.24, 2.45) is 10.2 Å². The van der Waals surface area contributed by atoms with E-state index in [1.54, 1.807) is 25.1 Å². The van der Waals surface area contributed by atoms with Crippen molar-refractivity contribution in [3.05, 3.63) is 81.6 Å². The van der Waals surface area contributed by atoms with Gasteiger partial charge in [-0.3, -0.25) is 4.98 Å². The zero-order chi connectivity index (χ0) is 22.8. The maximum Gasteiger partial charge on any atom is 0.187 e. The minimum Gasteiger partial charge on any atom is -0.510 e. The predicted molar refractivity (Wildman–Crippen MR) is 126 cm³/mol. The summed E-state index contributed by atoms with van der Waals surface area (Å²) in [6, 6.07) is 8.82. The van der Waals surface area contributed by atoms with E-state index in [1.165, 1.54) is 25.4 Å². The van der Waals surface area contributed by atoms with E-state index in [-0.39, 0.29) is 16.0 Å². The maximum atomic E-state index is 11.9. The first-order valence-corrected chi connectivity index (χ1v) is 11.0. The standard InChI is InChI=1S/C22H23N3O4S2/c1-4-17-9-10-19(30-27)14-18(17)7-5-12-24-25-15(2)13-21(31(28)29)20-8-6-11-23-22(20)16(3)26/h4-14,26-27H,1-3H3,(H,28,29)/b12-5+,15-13+,17-4-,18-7-,21-20+,22-16-,25-24+. The Kier molecular flexibility index (Phi) is 9.54. The number of aliphatic hydroxyl groups excluding tert-OH is 1. The van der Waals surface area contributed by atoms with Crippen LogP contribution in [0.25, 0.3) is 22.8 Å². The van der Waals surface area contributed by atoms with Crippen LogP contribution in [0.2, 0.25) is 0 Å². The smallest absolute Gasteiger partial charge is 0.187 e. The van der Waals surface area contributed by atoms with Crippen LogP contribution in [0.1, 0.15) is 20.8 Å². The highest BCUT2D eigenvalue weighted by molar-refractivity contribution is 7.93. The molecule has 0 saturated heterocycles. The number of hydrogen-bond donors (Lipinski definition) is 3. The van der Waals surface area contributed by atoms with Crippen LogP contribution in [-0.2, 0) is 11.1 Å². The molecule has 0 amide bonds. The normalized spacial score (nSPS) is 16.9. The van der Waals surface area contributed by atoms with E-state index in [2.05, 4.69) is 15.2 Å². The lowest BCUT2D eigenvalue weighted by molar-refractivity contribution is 0.496. The number of hydrogen-bond acceptors (Lipinski definition) is 7. The molecular weight excluding hydrogens is 434 g/mol. The van der Waals surface area contributed by atoms with Gasteiger partial charge in [-0.05, 0) is 67.6 Å². The zero-order valence-electron chi connectivity index (χ0n) is 17.3. The highest BCUT2D eigenvalue weighted by Crippen LogP contribution is 2.09. The molecule has 0 bridgehead atoms. The highest BCUT2D eigenvalue weighted by atomic mass is 32.2. The molecule has 0 aliphatic rings. The van der Waals surface area contributed by atoms with E-state index in [4.69, 9.17) is 0 Å². The Bertz CT molecular complexity index is 1290. The Morgan fingerprint density at radius 3 is 2.65 bits per heavy atom. The van der Waals surface area contributed by atoms with E-state index in [9.17, 15) is 18.4 Å². The average molecular weight is 458 g/mol. The number of pyridine rings is 1. The Morgan fingerprint density at radius 1 is 1.23 bits per heavy atom. The minimum atomic E-state index is -2.32. The van der Waals surface area contributed by atoms with Gasteiger partial charge < -0.3 is 14.2 Å². The highest BCUT2D eigenvalue weighted by Gasteiger charge is 2.06. The fourth-order valence-corrected chi connectivity index (χ4v) is 3.59. The molecule has 9 heteroatoms. The fourth-order valence-electron chi connectivity index (χ4n) is 2.66. The molecule has 0 aliphatic heterocycles. The van der Waals surface area contributed by atoms with Crippen molar-refractivity contribution >= 4 is 45.9 Å². The molecule has 2 rings (SSSR count). The Hall–Kier alpha value is -2.85. The first-order valence-electron chi connectivity index (χ1n) is 9.17. The van der Waals surface area contributed by atoms with Gasteiger partial charge in [-0.15, -0.1) is 0 Å². The molecule has 1 unspecified atom stereocenters. The maximum absolute atomic E-state index is 11.9. The molecule has 1 heterocycles. The van der Waals surface area contributed by atoms with Crippen LogP contribution in [0.3, 0.4) is 0 Å². The molecule has 1 aromatic heterocycles. The van der Waals surface area contributed by atoms with Gasteiger partial charge in [0.1, 0.15) is 11.1 Å². The van der Waals surface area contributed by atoms with Gasteiger partial charge in [0, 0.05) is 34.6 Å². The lowest BCUT2D eigenvalue weighted by Crippen LogP contribution is -2.32. The fraction of sp³-hybridized carbons (Fsp3) is 0.136. The summed E-state index contributed by atoms with van der Waals surface area (Å²) in [7, 11) is 0. The second kappa shape index (κ2) is 12.1. The molecule has 3 N–H and O–H groups in total. The van der Waals surface area contributed by atoms with Crippen molar-refractivity contribution in [3.63, 3.8) is 0 Å². The van der Waals surface area contributed by atoms with Crippen molar-refractivity contribution in [2.45, 2.75) is 25.7 Å². The summed E-state index contributed by atoms with van der Waals surface area (Å²) in [6.45, 7) is 5.03. The molecule has 2 aromatic rings. The monoisotopic (exact) mass is 457 g/mol. The van der Waals surface area contributed by atoms with Gasteiger partial charge in [-0.2, -0.15) is 10.2 Å². The number of rotatable bonds is 6. The third-order valence-corrected chi connectivity index (χ3v) is 5.24. The molecule has 31 heavy (non-hydrogen) atoms. The number of azo groups is 1. The van der Waals surface area contributed by atoms with Gasteiger partial charge >= 0.3 is 0 Å². The number of benzene rings is 1. The molecule has 1 aromatic carbocycles. The van der Waals surface area contributed by atoms with Crippen LogP contribution in [-0.4, -0.2) is 23.4 Å². The van der Waals surface area contributed by atoms with Gasteiger partial charge in [0.05, 0.1) is 10.6 Å². The number of aromatic nitrogens is 1. The van der Waals surface area contributed by atoms with Gasteiger partial charge in [0.15, 0.2) is 11.1 Å². The van der Waals surface area contributed by atoms with E-state index >= 15 is 0 Å². The van der Waals surface area contributed by atoms with E-state index in [0.717, 1.165) is 15.3 Å². The molecular formula is C22H23N3O4S2. The van der Waals surface area contributed by atoms with Gasteiger partial charge in [0.25, 0.3) is 0 Å². The molecule has 0 radical (unpaired) electrons. The molecule has 0 fully saturated rings. The van der Waals surface area contributed by atoms with Crippen LogP contribution in [0, 0.1) is 0 Å². The summed E-state index contributed by atoms with van der Waals surface area (Å²) in [5.74, 6) is -0.0583. The van der Waals surface area contributed by atoms with Gasteiger partial charge in [0.2, 0.25) is 0 Å². The second-order valence-corrected chi connectivity index (χ2v) is 7.87. The minimum absolute atomic E-state index is 0.0583. The molecule has 7 nitrogen and oxygen atoms in total. The molecule has 162 valence electrons. The zero-order valence-corrected chi connectivity index (χ0v) is 18.9. The Balaban J connectivity index is 2.37. The summed E-state index contributed by atoms with van der Waals surface area (Å²) in [5.41, 5.74) is 0.397. The Morgan fingerprint density at radius 2 is 2.00 bits per heavy atom. The van der Waals surface area contributed by atoms with E-state index < -0.39 is 11.1 Å². The van der Waals surface area contributed by atoms with Crippen molar-refractivity contribution in [3.8, 4) is 0 Å². The molecule has 0 saturated carbocycles. The first kappa shape index (κ1) is 24.4. The van der Waals surface area contributed by atoms with Crippen molar-refractivity contribution in [1.82, 2.24) is 4.98 Å². The van der Waals surface area contributed by atoms with Crippen LogP contribution in [0.4, 0.5) is 0 Å². The number of allylic oxidation sites excluding steroid dienone is 2. The van der Waals surface area contributed by atoms with E-state index in [0.29, 0.717) is 23.0 Å². The summed E-state index contributed by atoms with van der Waals surface area (Å²) in [6.07, 6.45) is 9.92.